The molecule has 2 N–H and O–H groups in total. The third-order valence-electron chi connectivity index (χ3n) is 4.55. The van der Waals surface area contributed by atoms with Crippen molar-refractivity contribution in [1.29, 1.82) is 0 Å². The van der Waals surface area contributed by atoms with Crippen LogP contribution in [0.5, 0.6) is 0 Å². The lowest BCUT2D eigenvalue weighted by molar-refractivity contribution is 0.101. The molecule has 0 radical (unpaired) electrons. The molecular weight excluding hydrogens is 416 g/mol. The van der Waals surface area contributed by atoms with Crippen molar-refractivity contribution >= 4 is 23.3 Å². The second-order valence-electron chi connectivity index (χ2n) is 6.89. The highest BCUT2D eigenvalue weighted by molar-refractivity contribution is 6.09. The van der Waals surface area contributed by atoms with Crippen molar-refractivity contribution in [2.75, 3.05) is 10.6 Å². The molecule has 0 aliphatic heterocycles. The highest BCUT2D eigenvalue weighted by Crippen LogP contribution is 2.26. The van der Waals surface area contributed by atoms with Crippen LogP contribution < -0.4 is 10.6 Å². The first kappa shape index (κ1) is 20.9. The molecule has 2 amide bonds. The summed E-state index contributed by atoms with van der Waals surface area (Å²) in [5.41, 5.74) is 0.844. The fourth-order valence-corrected chi connectivity index (χ4v) is 3.10. The van der Waals surface area contributed by atoms with Crippen molar-refractivity contribution in [1.82, 2.24) is 14.8 Å². The van der Waals surface area contributed by atoms with E-state index >= 15 is 0 Å². The number of anilines is 2. The van der Waals surface area contributed by atoms with Crippen LogP contribution in [0, 0.1) is 11.6 Å². The van der Waals surface area contributed by atoms with Gasteiger partial charge in [-0.05, 0) is 42.5 Å². The van der Waals surface area contributed by atoms with Crippen molar-refractivity contribution in [3.05, 3.63) is 95.8 Å². The molecule has 0 saturated carbocycles. The second-order valence-corrected chi connectivity index (χ2v) is 6.89. The van der Waals surface area contributed by atoms with Crippen LogP contribution in [0.4, 0.5) is 20.3 Å². The van der Waals surface area contributed by atoms with E-state index < -0.39 is 23.4 Å². The summed E-state index contributed by atoms with van der Waals surface area (Å²) in [5, 5.41) is 9.50. The number of rotatable bonds is 5. The monoisotopic (exact) mass is 433 g/mol. The van der Waals surface area contributed by atoms with Gasteiger partial charge in [-0.25, -0.2) is 13.8 Å². The van der Waals surface area contributed by atoms with E-state index in [4.69, 9.17) is 0 Å². The van der Waals surface area contributed by atoms with Gasteiger partial charge in [0, 0.05) is 42.3 Å². The van der Waals surface area contributed by atoms with E-state index in [0.29, 0.717) is 17.1 Å². The Kier molecular flexibility index (Phi) is 5.71. The Morgan fingerprint density at radius 3 is 2.53 bits per heavy atom. The van der Waals surface area contributed by atoms with Crippen LogP contribution in [-0.2, 0) is 7.05 Å². The van der Waals surface area contributed by atoms with Gasteiger partial charge in [0.05, 0.1) is 5.56 Å². The molecule has 4 aromatic rings. The largest absolute Gasteiger partial charge is 0.322 e. The minimum Gasteiger partial charge on any atom is -0.322 e. The molecule has 0 bridgehead atoms. The first-order valence-electron chi connectivity index (χ1n) is 9.53. The van der Waals surface area contributed by atoms with E-state index in [-0.39, 0.29) is 16.8 Å². The zero-order chi connectivity index (χ0) is 22.7. The lowest BCUT2D eigenvalue weighted by atomic mass is 10.1. The number of carbonyl (C=O) groups is 2. The first-order valence-corrected chi connectivity index (χ1v) is 9.53. The Balaban J connectivity index is 1.56. The molecule has 0 atom stereocenters. The molecule has 32 heavy (non-hydrogen) atoms. The molecule has 0 aliphatic rings. The Labute approximate surface area is 181 Å². The molecular formula is C23H17F2N5O2. The molecule has 9 heteroatoms. The van der Waals surface area contributed by atoms with E-state index in [0.717, 1.165) is 12.1 Å². The lowest BCUT2D eigenvalue weighted by Gasteiger charge is -2.09. The Morgan fingerprint density at radius 2 is 1.78 bits per heavy atom. The maximum absolute atomic E-state index is 14.3. The minimum atomic E-state index is -0.828. The van der Waals surface area contributed by atoms with Crippen molar-refractivity contribution < 1.29 is 18.4 Å². The topological polar surface area (TPSA) is 88.9 Å². The number of aromatic nitrogens is 3. The number of benzene rings is 2. The molecule has 0 spiro atoms. The summed E-state index contributed by atoms with van der Waals surface area (Å²) in [5.74, 6) is -2.11. The van der Waals surface area contributed by atoms with Crippen molar-refractivity contribution in [3.8, 4) is 11.3 Å². The summed E-state index contributed by atoms with van der Waals surface area (Å²) >= 11 is 0. The summed E-state index contributed by atoms with van der Waals surface area (Å²) in [4.78, 5) is 29.4. The minimum absolute atomic E-state index is 0.000592. The first-order chi connectivity index (χ1) is 15.4. The van der Waals surface area contributed by atoms with Crippen molar-refractivity contribution in [3.63, 3.8) is 0 Å². The van der Waals surface area contributed by atoms with Gasteiger partial charge in [-0.15, -0.1) is 0 Å². The third kappa shape index (κ3) is 4.51. The van der Waals surface area contributed by atoms with Gasteiger partial charge in [-0.3, -0.25) is 14.3 Å². The number of nitrogens with one attached hydrogen (secondary N) is 2. The highest BCUT2D eigenvalue weighted by atomic mass is 19.1. The standard InChI is InChI=1S/C23H17F2N5O2/c1-30-13-18(21(29-30)17-9-8-15(24)12-19(17)25)23(32)27-16-6-4-5-14(11-16)22(31)28-20-7-2-3-10-26-20/h2-13H,1H3,(H,27,32)(H,26,28,31). The molecule has 0 unspecified atom stereocenters. The quantitative estimate of drug-likeness (QED) is 0.492. The average molecular weight is 433 g/mol. The normalized spacial score (nSPS) is 10.6. The van der Waals surface area contributed by atoms with Gasteiger partial charge in [-0.2, -0.15) is 5.10 Å². The zero-order valence-corrected chi connectivity index (χ0v) is 16.8. The number of aryl methyl sites for hydroxylation is 1. The molecule has 0 aliphatic carbocycles. The Morgan fingerprint density at radius 1 is 0.938 bits per heavy atom. The third-order valence-corrected chi connectivity index (χ3v) is 4.55. The number of hydrogen-bond donors (Lipinski definition) is 2. The van der Waals surface area contributed by atoms with Crippen LogP contribution >= 0.6 is 0 Å². The van der Waals surface area contributed by atoms with Crippen LogP contribution in [0.3, 0.4) is 0 Å². The Bertz CT molecular complexity index is 1310. The Hall–Kier alpha value is -4.40. The lowest BCUT2D eigenvalue weighted by Crippen LogP contribution is -2.15. The van der Waals surface area contributed by atoms with E-state index in [1.54, 1.807) is 49.6 Å². The zero-order valence-electron chi connectivity index (χ0n) is 16.8. The summed E-state index contributed by atoms with van der Waals surface area (Å²) in [7, 11) is 1.59. The SMILES string of the molecule is Cn1cc(C(=O)Nc2cccc(C(=O)Nc3ccccn3)c2)c(-c2ccc(F)cc2F)n1. The molecule has 2 heterocycles. The second kappa shape index (κ2) is 8.76. The number of pyridine rings is 1. The van der Waals surface area contributed by atoms with Crippen LogP contribution in [0.25, 0.3) is 11.3 Å². The summed E-state index contributed by atoms with van der Waals surface area (Å²) in [6, 6.07) is 14.5. The van der Waals surface area contributed by atoms with Crippen LogP contribution in [0.15, 0.2) is 73.1 Å². The predicted molar refractivity (Wildman–Crippen MR) is 115 cm³/mol. The molecule has 2 aromatic carbocycles. The smallest absolute Gasteiger partial charge is 0.259 e. The predicted octanol–water partition coefficient (Wildman–Crippen LogP) is 4.26. The molecule has 2 aromatic heterocycles. The molecule has 160 valence electrons. The van der Waals surface area contributed by atoms with Crippen LogP contribution in [0.1, 0.15) is 20.7 Å². The van der Waals surface area contributed by atoms with E-state index in [1.165, 1.54) is 23.0 Å². The van der Waals surface area contributed by atoms with E-state index in [9.17, 15) is 18.4 Å². The van der Waals surface area contributed by atoms with Gasteiger partial charge >= 0.3 is 0 Å². The van der Waals surface area contributed by atoms with Crippen molar-refractivity contribution in [2.45, 2.75) is 0 Å². The fourth-order valence-electron chi connectivity index (χ4n) is 3.10. The van der Waals surface area contributed by atoms with Gasteiger partial charge < -0.3 is 10.6 Å². The number of hydrogen-bond acceptors (Lipinski definition) is 4. The number of carbonyl (C=O) groups excluding carboxylic acids is 2. The number of nitrogens with zero attached hydrogens (tertiary/aromatic N) is 3. The summed E-state index contributed by atoms with van der Waals surface area (Å²) < 4.78 is 28.9. The van der Waals surface area contributed by atoms with Gasteiger partial charge in [0.25, 0.3) is 11.8 Å². The van der Waals surface area contributed by atoms with Gasteiger partial charge in [0.1, 0.15) is 23.1 Å². The fraction of sp³-hybridized carbons (Fsp3) is 0.0435. The van der Waals surface area contributed by atoms with Crippen LogP contribution in [0.2, 0.25) is 0 Å². The van der Waals surface area contributed by atoms with Gasteiger partial charge in [0.2, 0.25) is 0 Å². The van der Waals surface area contributed by atoms with E-state index in [2.05, 4.69) is 20.7 Å². The number of amides is 2. The maximum atomic E-state index is 14.3. The molecule has 0 fully saturated rings. The highest BCUT2D eigenvalue weighted by Gasteiger charge is 2.20. The van der Waals surface area contributed by atoms with Gasteiger partial charge in [0.15, 0.2) is 0 Å². The van der Waals surface area contributed by atoms with Crippen LogP contribution in [-0.4, -0.2) is 26.6 Å². The van der Waals surface area contributed by atoms with Gasteiger partial charge in [-0.1, -0.05) is 12.1 Å². The van der Waals surface area contributed by atoms with Crippen molar-refractivity contribution in [2.24, 2.45) is 7.05 Å². The average Bonchev–Trinajstić information content (AvgIpc) is 3.16. The molecule has 7 nitrogen and oxygen atoms in total. The summed E-state index contributed by atoms with van der Waals surface area (Å²) in [6.45, 7) is 0. The van der Waals surface area contributed by atoms with E-state index in [1.807, 2.05) is 0 Å². The number of halogens is 2. The summed E-state index contributed by atoms with van der Waals surface area (Å²) in [6.07, 6.45) is 2.99. The maximum Gasteiger partial charge on any atom is 0.259 e. The molecule has 4 rings (SSSR count). The molecule has 0 saturated heterocycles.